The molecule has 1 aliphatic rings. The average molecular weight is 411 g/mol. The van der Waals surface area contributed by atoms with Gasteiger partial charge in [-0.3, -0.25) is 9.10 Å². The van der Waals surface area contributed by atoms with Crippen LogP contribution in [0.3, 0.4) is 0 Å². The van der Waals surface area contributed by atoms with E-state index in [1.807, 2.05) is 37.3 Å². The van der Waals surface area contributed by atoms with E-state index in [1.165, 1.54) is 10.6 Å². The third-order valence-corrected chi connectivity index (χ3v) is 6.08. The zero-order valence-electron chi connectivity index (χ0n) is 16.2. The van der Waals surface area contributed by atoms with Gasteiger partial charge in [0, 0.05) is 23.9 Å². The number of anilines is 2. The highest BCUT2D eigenvalue weighted by Crippen LogP contribution is 2.32. The molecule has 0 bridgehead atoms. The second kappa shape index (κ2) is 7.36. The summed E-state index contributed by atoms with van der Waals surface area (Å²) >= 11 is 0. The van der Waals surface area contributed by atoms with Crippen molar-refractivity contribution in [3.05, 3.63) is 65.4 Å². The summed E-state index contributed by atoms with van der Waals surface area (Å²) in [6.45, 7) is 2.43. The van der Waals surface area contributed by atoms with Crippen molar-refractivity contribution in [2.75, 3.05) is 22.4 Å². The number of benzene rings is 2. The summed E-state index contributed by atoms with van der Waals surface area (Å²) < 4.78 is 30.8. The molecule has 0 saturated heterocycles. The van der Waals surface area contributed by atoms with Crippen LogP contribution in [0.25, 0.3) is 11.3 Å². The predicted octanol–water partition coefficient (Wildman–Crippen LogP) is 3.61. The Morgan fingerprint density at radius 1 is 1.14 bits per heavy atom. The summed E-state index contributed by atoms with van der Waals surface area (Å²) in [5.41, 5.74) is 4.17. The Hall–Kier alpha value is -3.13. The summed E-state index contributed by atoms with van der Waals surface area (Å²) in [6, 6.07) is 14.6. The quantitative estimate of drug-likeness (QED) is 0.708. The third kappa shape index (κ3) is 4.02. The monoisotopic (exact) mass is 411 g/mol. The molecule has 1 amide bonds. The molecule has 0 atom stereocenters. The van der Waals surface area contributed by atoms with Crippen molar-refractivity contribution in [2.24, 2.45) is 0 Å². The highest BCUT2D eigenvalue weighted by atomic mass is 32.2. The molecule has 0 fully saturated rings. The van der Waals surface area contributed by atoms with Crippen LogP contribution in [0.5, 0.6) is 0 Å². The summed E-state index contributed by atoms with van der Waals surface area (Å²) in [5.74, 6) is 0.0811. The average Bonchev–Trinajstić information content (AvgIpc) is 3.17. The Morgan fingerprint density at radius 3 is 2.62 bits per heavy atom. The van der Waals surface area contributed by atoms with E-state index in [9.17, 15) is 13.2 Å². The van der Waals surface area contributed by atoms with Gasteiger partial charge in [-0.05, 0) is 37.5 Å². The molecule has 4 rings (SSSR count). The topological polar surface area (TPSA) is 92.5 Å². The van der Waals surface area contributed by atoms with Crippen LogP contribution in [-0.2, 0) is 16.4 Å². The molecule has 3 aromatic rings. The number of nitrogens with one attached hydrogen (secondary N) is 1. The lowest BCUT2D eigenvalue weighted by molar-refractivity contribution is 0.101. The fourth-order valence-corrected chi connectivity index (χ4v) is 4.38. The van der Waals surface area contributed by atoms with Crippen molar-refractivity contribution in [1.82, 2.24) is 5.16 Å². The third-order valence-electron chi connectivity index (χ3n) is 4.90. The van der Waals surface area contributed by atoms with Gasteiger partial charge in [0.1, 0.15) is 0 Å². The molecular formula is C21H21N3O4S. The van der Waals surface area contributed by atoms with Gasteiger partial charge in [-0.25, -0.2) is 8.42 Å². The molecule has 2 heterocycles. The molecule has 0 saturated carbocycles. The highest BCUT2D eigenvalue weighted by Gasteiger charge is 2.24. The van der Waals surface area contributed by atoms with E-state index in [4.69, 9.17) is 4.52 Å². The van der Waals surface area contributed by atoms with E-state index in [0.29, 0.717) is 23.7 Å². The molecule has 1 N–H and O–H groups in total. The SMILES string of the molecule is Cc1ccc(-c2cc(C(=O)Nc3ccc4c(c3)N(S(C)(=O)=O)CCC4)no2)cc1. The maximum atomic E-state index is 12.6. The van der Waals surface area contributed by atoms with Crippen molar-refractivity contribution < 1.29 is 17.7 Å². The van der Waals surface area contributed by atoms with Crippen LogP contribution in [0, 0.1) is 6.92 Å². The number of fused-ring (bicyclic) bond motifs is 1. The fraction of sp³-hybridized carbons (Fsp3) is 0.238. The number of carbonyl (C=O) groups is 1. The minimum Gasteiger partial charge on any atom is -0.355 e. The minimum atomic E-state index is -3.37. The van der Waals surface area contributed by atoms with Crippen LogP contribution < -0.4 is 9.62 Å². The number of rotatable bonds is 4. The number of hydrogen-bond acceptors (Lipinski definition) is 5. The standard InChI is InChI=1S/C21H21N3O4S/c1-14-5-7-16(8-6-14)20-13-18(23-28-20)21(25)22-17-10-9-15-4-3-11-24(19(15)12-17)29(2,26)27/h5-10,12-13H,3-4,11H2,1-2H3,(H,22,25). The zero-order chi connectivity index (χ0) is 20.6. The van der Waals surface area contributed by atoms with Gasteiger partial charge < -0.3 is 9.84 Å². The number of hydrogen-bond donors (Lipinski definition) is 1. The molecule has 29 heavy (non-hydrogen) atoms. The van der Waals surface area contributed by atoms with E-state index < -0.39 is 15.9 Å². The predicted molar refractivity (Wildman–Crippen MR) is 112 cm³/mol. The normalized spacial score (nSPS) is 13.8. The van der Waals surface area contributed by atoms with Gasteiger partial charge >= 0.3 is 0 Å². The van der Waals surface area contributed by atoms with Crippen LogP contribution in [0.2, 0.25) is 0 Å². The van der Waals surface area contributed by atoms with Gasteiger partial charge in [-0.2, -0.15) is 0 Å². The lowest BCUT2D eigenvalue weighted by Crippen LogP contribution is -2.34. The number of carbonyl (C=O) groups excluding carboxylic acids is 1. The maximum absolute atomic E-state index is 12.6. The van der Waals surface area contributed by atoms with Crippen molar-refractivity contribution in [3.63, 3.8) is 0 Å². The van der Waals surface area contributed by atoms with Gasteiger partial charge in [0.2, 0.25) is 10.0 Å². The van der Waals surface area contributed by atoms with Crippen molar-refractivity contribution in [2.45, 2.75) is 19.8 Å². The van der Waals surface area contributed by atoms with Crippen molar-refractivity contribution in [1.29, 1.82) is 0 Å². The van der Waals surface area contributed by atoms with Crippen LogP contribution in [0.4, 0.5) is 11.4 Å². The van der Waals surface area contributed by atoms with Gasteiger partial charge in [0.25, 0.3) is 5.91 Å². The molecular weight excluding hydrogens is 390 g/mol. The van der Waals surface area contributed by atoms with Gasteiger partial charge in [0.05, 0.1) is 11.9 Å². The largest absolute Gasteiger partial charge is 0.355 e. The smallest absolute Gasteiger partial charge is 0.277 e. The molecule has 2 aromatic carbocycles. The van der Waals surface area contributed by atoms with Gasteiger partial charge in [-0.15, -0.1) is 0 Å². The van der Waals surface area contributed by atoms with Crippen molar-refractivity contribution >= 4 is 27.3 Å². The first-order valence-electron chi connectivity index (χ1n) is 9.27. The second-order valence-electron chi connectivity index (χ2n) is 7.18. The van der Waals surface area contributed by atoms with E-state index >= 15 is 0 Å². The number of amides is 1. The van der Waals surface area contributed by atoms with Crippen LogP contribution in [0.15, 0.2) is 53.1 Å². The lowest BCUT2D eigenvalue weighted by Gasteiger charge is -2.29. The number of aryl methyl sites for hydroxylation is 2. The Bertz CT molecular complexity index is 1170. The first-order valence-corrected chi connectivity index (χ1v) is 11.1. The Kier molecular flexibility index (Phi) is 4.87. The van der Waals surface area contributed by atoms with E-state index in [0.717, 1.165) is 29.5 Å². The summed E-state index contributed by atoms with van der Waals surface area (Å²) in [7, 11) is -3.37. The van der Waals surface area contributed by atoms with Crippen LogP contribution in [0.1, 0.15) is 28.0 Å². The molecule has 1 aromatic heterocycles. The molecule has 0 unspecified atom stereocenters. The lowest BCUT2D eigenvalue weighted by atomic mass is 10.0. The first kappa shape index (κ1) is 19.2. The van der Waals surface area contributed by atoms with Crippen LogP contribution >= 0.6 is 0 Å². The first-order chi connectivity index (χ1) is 13.8. The second-order valence-corrected chi connectivity index (χ2v) is 9.09. The zero-order valence-corrected chi connectivity index (χ0v) is 17.0. The highest BCUT2D eigenvalue weighted by molar-refractivity contribution is 7.92. The van der Waals surface area contributed by atoms with E-state index in [-0.39, 0.29) is 5.69 Å². The molecule has 0 spiro atoms. The fourth-order valence-electron chi connectivity index (χ4n) is 3.39. The molecule has 0 radical (unpaired) electrons. The molecule has 0 aliphatic carbocycles. The maximum Gasteiger partial charge on any atom is 0.277 e. The van der Waals surface area contributed by atoms with Gasteiger partial charge in [-0.1, -0.05) is 41.1 Å². The summed E-state index contributed by atoms with van der Waals surface area (Å²) in [5, 5.41) is 6.63. The van der Waals surface area contributed by atoms with E-state index in [2.05, 4.69) is 10.5 Å². The summed E-state index contributed by atoms with van der Waals surface area (Å²) in [6.07, 6.45) is 2.76. The van der Waals surface area contributed by atoms with E-state index in [1.54, 1.807) is 18.2 Å². The number of nitrogens with zero attached hydrogens (tertiary/aromatic N) is 2. The van der Waals surface area contributed by atoms with Gasteiger partial charge in [0.15, 0.2) is 11.5 Å². The van der Waals surface area contributed by atoms with Crippen molar-refractivity contribution in [3.8, 4) is 11.3 Å². The van der Waals surface area contributed by atoms with Crippen LogP contribution in [-0.4, -0.2) is 32.3 Å². The number of sulfonamides is 1. The molecule has 7 nitrogen and oxygen atoms in total. The minimum absolute atomic E-state index is 0.151. The molecule has 1 aliphatic heterocycles. The molecule has 150 valence electrons. The molecule has 8 heteroatoms. The Morgan fingerprint density at radius 2 is 1.90 bits per heavy atom. The summed E-state index contributed by atoms with van der Waals surface area (Å²) in [4.78, 5) is 12.6. The Balaban J connectivity index is 1.56. The number of aromatic nitrogens is 1. The Labute approximate surface area is 169 Å².